The molecule has 0 aliphatic rings. The van der Waals surface area contributed by atoms with Crippen LogP contribution in [0.25, 0.3) is 10.2 Å². The molecule has 1 aromatic heterocycles. The maximum absolute atomic E-state index is 14.0. The quantitative estimate of drug-likeness (QED) is 0.0267. The van der Waals surface area contributed by atoms with Crippen LogP contribution >= 0.6 is 11.3 Å². The van der Waals surface area contributed by atoms with E-state index in [0.717, 1.165) is 11.3 Å². The van der Waals surface area contributed by atoms with Crippen LogP contribution in [0.15, 0.2) is 18.2 Å². The third kappa shape index (κ3) is 15.1. The second-order valence-electron chi connectivity index (χ2n) is 14.2. The summed E-state index contributed by atoms with van der Waals surface area (Å²) in [6.07, 6.45) is 1.71. The van der Waals surface area contributed by atoms with E-state index in [1.54, 1.807) is 19.9 Å². The van der Waals surface area contributed by atoms with E-state index in [4.69, 9.17) is 22.6 Å². The van der Waals surface area contributed by atoms with Crippen molar-refractivity contribution in [3.8, 4) is 0 Å². The lowest BCUT2D eigenvalue weighted by atomic mass is 10.00. The van der Waals surface area contributed by atoms with Crippen molar-refractivity contribution in [3.63, 3.8) is 0 Å². The number of Topliss-reactive ketones (excluding diaryl/α,β-unsaturated/α-hetero) is 1. The zero-order valence-electron chi connectivity index (χ0n) is 32.5. The second-order valence-corrected chi connectivity index (χ2v) is 15.2. The van der Waals surface area contributed by atoms with Gasteiger partial charge >= 0.3 is 0 Å². The average Bonchev–Trinajstić information content (AvgIpc) is 3.55. The molecule has 1 aromatic carbocycles. The highest BCUT2D eigenvalue weighted by molar-refractivity contribution is 7.20. The third-order valence-corrected chi connectivity index (χ3v) is 9.57. The van der Waals surface area contributed by atoms with Crippen LogP contribution in [0.1, 0.15) is 93.3 Å². The molecule has 1 heterocycles. The molecule has 0 unspecified atom stereocenters. The summed E-state index contributed by atoms with van der Waals surface area (Å²) in [4.78, 5) is 95.4. The van der Waals surface area contributed by atoms with Crippen molar-refractivity contribution < 1.29 is 38.7 Å². The van der Waals surface area contributed by atoms with Gasteiger partial charge in [0.25, 0.3) is 5.91 Å². The SMILES string of the molecule is CC(=O)N[C@@H](CO)C(=O)N[C@@H](CCCCN)C(=O)N[C@@H](CC(C)C)C(=O)N[C@@H](CCCNC(=N)N)C(=O)c1nc2ccc(C(=O)N[C@H](C(N)=O)C(C)C)cc2s1. The van der Waals surface area contributed by atoms with E-state index in [1.807, 2.05) is 13.8 Å². The van der Waals surface area contributed by atoms with Crippen LogP contribution in [-0.2, 0) is 24.0 Å². The molecule has 0 bridgehead atoms. The van der Waals surface area contributed by atoms with Gasteiger partial charge in [-0.1, -0.05) is 27.7 Å². The van der Waals surface area contributed by atoms with Crippen molar-refractivity contribution in [3.05, 3.63) is 28.8 Å². The number of carbonyl (C=O) groups is 7. The van der Waals surface area contributed by atoms with E-state index in [9.17, 15) is 38.7 Å². The maximum Gasteiger partial charge on any atom is 0.251 e. The van der Waals surface area contributed by atoms with Gasteiger partial charge in [0.15, 0.2) is 11.0 Å². The Balaban J connectivity index is 2.38. The Morgan fingerprint density at radius 1 is 0.821 bits per heavy atom. The Kier molecular flexibility index (Phi) is 19.3. The molecule has 5 atom stereocenters. The summed E-state index contributed by atoms with van der Waals surface area (Å²) in [7, 11) is 0. The van der Waals surface area contributed by atoms with Gasteiger partial charge in [-0.3, -0.25) is 39.0 Å². The fourth-order valence-corrected chi connectivity index (χ4v) is 6.63. The molecule has 2 aromatic rings. The zero-order chi connectivity index (χ0) is 42.1. The number of carbonyl (C=O) groups excluding carboxylic acids is 7. The van der Waals surface area contributed by atoms with Gasteiger partial charge in [0.05, 0.1) is 22.9 Å². The van der Waals surface area contributed by atoms with Crippen LogP contribution < -0.4 is 49.1 Å². The van der Waals surface area contributed by atoms with Gasteiger partial charge in [-0.25, -0.2) is 4.98 Å². The lowest BCUT2D eigenvalue weighted by Gasteiger charge is -2.27. The van der Waals surface area contributed by atoms with Crippen LogP contribution in [0, 0.1) is 17.2 Å². The van der Waals surface area contributed by atoms with Gasteiger partial charge < -0.3 is 54.2 Å². The number of ketones is 1. The first-order valence-corrected chi connectivity index (χ1v) is 19.3. The normalized spacial score (nSPS) is 13.9. The van der Waals surface area contributed by atoms with Crippen molar-refractivity contribution in [1.82, 2.24) is 36.9 Å². The largest absolute Gasteiger partial charge is 0.394 e. The first-order chi connectivity index (χ1) is 26.4. The summed E-state index contributed by atoms with van der Waals surface area (Å²) >= 11 is 1.01. The molecule has 2 rings (SSSR count). The number of thiazole rings is 1. The molecule has 0 radical (unpaired) electrons. The van der Waals surface area contributed by atoms with Crippen molar-refractivity contribution in [2.24, 2.45) is 29.0 Å². The van der Waals surface area contributed by atoms with E-state index < -0.39 is 78.0 Å². The summed E-state index contributed by atoms with van der Waals surface area (Å²) in [6, 6.07) is -1.00. The molecule has 0 aliphatic carbocycles. The van der Waals surface area contributed by atoms with Crippen molar-refractivity contribution in [1.29, 1.82) is 5.41 Å². The molecule has 310 valence electrons. The van der Waals surface area contributed by atoms with E-state index in [1.165, 1.54) is 19.1 Å². The monoisotopic (exact) mass is 803 g/mol. The highest BCUT2D eigenvalue weighted by Crippen LogP contribution is 2.25. The average molecular weight is 804 g/mol. The number of nitrogens with two attached hydrogens (primary N) is 3. The van der Waals surface area contributed by atoms with Crippen molar-refractivity contribution in [2.75, 3.05) is 19.7 Å². The highest BCUT2D eigenvalue weighted by atomic mass is 32.1. The number of aromatic nitrogens is 1. The Hall–Kier alpha value is -5.21. The number of aliphatic hydroxyl groups is 1. The van der Waals surface area contributed by atoms with E-state index >= 15 is 0 Å². The number of rotatable bonds is 24. The fourth-order valence-electron chi connectivity index (χ4n) is 5.63. The molecular weight excluding hydrogens is 747 g/mol. The van der Waals surface area contributed by atoms with Crippen LogP contribution in [0.4, 0.5) is 0 Å². The van der Waals surface area contributed by atoms with Crippen LogP contribution in [0.3, 0.4) is 0 Å². The molecule has 0 saturated carbocycles. The van der Waals surface area contributed by atoms with E-state index in [2.05, 4.69) is 36.9 Å². The molecule has 20 heteroatoms. The molecule has 14 N–H and O–H groups in total. The Morgan fingerprint density at radius 3 is 2.00 bits per heavy atom. The highest BCUT2D eigenvalue weighted by Gasteiger charge is 2.32. The molecule has 0 spiro atoms. The second kappa shape index (κ2) is 23.0. The Bertz CT molecular complexity index is 1720. The van der Waals surface area contributed by atoms with E-state index in [0.29, 0.717) is 36.0 Å². The third-order valence-electron chi connectivity index (χ3n) is 8.54. The lowest BCUT2D eigenvalue weighted by molar-refractivity contribution is -0.134. The number of guanidine groups is 1. The summed E-state index contributed by atoms with van der Waals surface area (Å²) in [5.41, 5.74) is 17.1. The summed E-state index contributed by atoms with van der Waals surface area (Å²) in [6.45, 7) is 8.21. The summed E-state index contributed by atoms with van der Waals surface area (Å²) < 4.78 is 0.499. The summed E-state index contributed by atoms with van der Waals surface area (Å²) in [5, 5.41) is 32.8. The minimum atomic E-state index is -1.30. The number of nitrogens with zero attached hydrogens (tertiary/aromatic N) is 1. The maximum atomic E-state index is 14.0. The lowest BCUT2D eigenvalue weighted by Crippen LogP contribution is -2.58. The van der Waals surface area contributed by atoms with Crippen LogP contribution in [0.2, 0.25) is 0 Å². The van der Waals surface area contributed by atoms with Gasteiger partial charge in [0.2, 0.25) is 35.3 Å². The van der Waals surface area contributed by atoms with Crippen LogP contribution in [0.5, 0.6) is 0 Å². The Morgan fingerprint density at radius 2 is 1.43 bits per heavy atom. The fraction of sp³-hybridized carbons (Fsp3) is 0.583. The number of fused-ring (bicyclic) bond motifs is 1. The van der Waals surface area contributed by atoms with Gasteiger partial charge in [0, 0.05) is 19.0 Å². The first-order valence-electron chi connectivity index (χ1n) is 18.5. The zero-order valence-corrected chi connectivity index (χ0v) is 33.3. The number of nitrogens with one attached hydrogen (secondary N) is 7. The predicted octanol–water partition coefficient (Wildman–Crippen LogP) is -0.892. The number of amides is 6. The molecule has 0 fully saturated rings. The van der Waals surface area contributed by atoms with Crippen molar-refractivity contribution >= 4 is 68.7 Å². The molecular formula is C36H57N11O8S. The number of primary amides is 1. The number of benzene rings is 1. The molecule has 56 heavy (non-hydrogen) atoms. The minimum absolute atomic E-state index is 0.0457. The standard InChI is InChI=1S/C36H57N11O8S/c1-18(2)15-25(45-32(53)24(9-6-7-13-37)44-34(55)26(17-48)42-20(5)49)33(54)43-23(10-8-14-41-36(39)40)29(50)35-46-22-12-11-21(16-27(22)56-35)31(52)47-28(19(3)4)30(38)51/h11-12,16,18-19,23-26,28,48H,6-10,13-15,17,37H2,1-5H3,(H2,38,51)(H,42,49)(H,43,54)(H,44,55)(H,45,53)(H,47,52)(H4,39,40,41)/t23-,24-,25-,26-,28-/m0/s1. The number of hydrogen-bond donors (Lipinski definition) is 11. The number of hydrogen-bond acceptors (Lipinski definition) is 12. The molecule has 0 aliphatic heterocycles. The van der Waals surface area contributed by atoms with Crippen molar-refractivity contribution in [2.45, 2.75) is 103 Å². The molecule has 19 nitrogen and oxygen atoms in total. The number of aliphatic hydroxyl groups excluding tert-OH is 1. The van der Waals surface area contributed by atoms with Crippen LogP contribution in [-0.4, -0.2) is 107 Å². The Labute approximate surface area is 329 Å². The molecule has 6 amide bonds. The van der Waals surface area contributed by atoms with E-state index in [-0.39, 0.29) is 54.2 Å². The first kappa shape index (κ1) is 46.9. The smallest absolute Gasteiger partial charge is 0.251 e. The minimum Gasteiger partial charge on any atom is -0.394 e. The predicted molar refractivity (Wildman–Crippen MR) is 211 cm³/mol. The summed E-state index contributed by atoms with van der Waals surface area (Å²) in [5.74, 6) is -5.06. The van der Waals surface area contributed by atoms with Gasteiger partial charge in [0.1, 0.15) is 24.2 Å². The van der Waals surface area contributed by atoms with Gasteiger partial charge in [-0.05, 0) is 75.1 Å². The molecule has 0 saturated heterocycles. The van der Waals surface area contributed by atoms with Gasteiger partial charge in [-0.15, -0.1) is 11.3 Å². The van der Waals surface area contributed by atoms with Gasteiger partial charge in [-0.2, -0.15) is 0 Å². The topological polar surface area (TPSA) is 327 Å². The number of unbranched alkanes of at least 4 members (excludes halogenated alkanes) is 1.